The Labute approximate surface area is 343 Å². The van der Waals surface area contributed by atoms with Crippen LogP contribution in [0, 0.1) is 23.5 Å². The van der Waals surface area contributed by atoms with Gasteiger partial charge >= 0.3 is 0 Å². The fourth-order valence-corrected chi connectivity index (χ4v) is 8.49. The van der Waals surface area contributed by atoms with Gasteiger partial charge in [-0.25, -0.2) is 4.98 Å². The molecule has 7 aromatic rings. The van der Waals surface area contributed by atoms with Crippen LogP contribution in [0.15, 0.2) is 108 Å². The number of rotatable bonds is 7. The van der Waals surface area contributed by atoms with E-state index in [1.54, 1.807) is 0 Å². The SMILES string of the molecule is CC(C)(C)Cc1cc(-c2[c-]ccc(C(C)(C)C)c2)ncc1[Si](C)(C)C.CC(C)Cc1ccnc(-c2[c-]ccc3c2oc2nc(-c4ccccc4)ccc23)c1.[Ir]. The molecule has 0 aliphatic carbocycles. The van der Waals surface area contributed by atoms with Crippen LogP contribution in [0.4, 0.5) is 0 Å². The molecule has 0 saturated heterocycles. The van der Waals surface area contributed by atoms with Gasteiger partial charge in [0.25, 0.3) is 0 Å². The maximum absolute atomic E-state index is 6.24. The van der Waals surface area contributed by atoms with Gasteiger partial charge in [-0.3, -0.25) is 0 Å². The van der Waals surface area contributed by atoms with Gasteiger partial charge in [0.1, 0.15) is 0 Å². The summed E-state index contributed by atoms with van der Waals surface area (Å²) in [5, 5.41) is 3.53. The summed E-state index contributed by atoms with van der Waals surface area (Å²) in [5.41, 5.74) is 11.8. The molecule has 4 nitrogen and oxygen atoms in total. The fourth-order valence-electron chi connectivity index (χ4n) is 6.91. The normalized spacial score (nSPS) is 12.1. The predicted molar refractivity (Wildman–Crippen MR) is 231 cm³/mol. The molecule has 0 atom stereocenters. The Morgan fingerprint density at radius 3 is 2.15 bits per heavy atom. The van der Waals surface area contributed by atoms with Crippen molar-refractivity contribution in [1.82, 2.24) is 15.0 Å². The average Bonchev–Trinajstić information content (AvgIpc) is 3.49. The number of hydrogen-bond donors (Lipinski definition) is 0. The third kappa shape index (κ3) is 10.3. The zero-order valence-electron chi connectivity index (χ0n) is 34.4. The Bertz CT molecular complexity index is 2380. The Hall–Kier alpha value is -4.22. The smallest absolute Gasteiger partial charge is 0.216 e. The van der Waals surface area contributed by atoms with E-state index in [4.69, 9.17) is 14.4 Å². The second-order valence-corrected chi connectivity index (χ2v) is 23.3. The molecule has 0 aliphatic rings. The summed E-state index contributed by atoms with van der Waals surface area (Å²) in [5.74, 6) is 0.594. The minimum absolute atomic E-state index is 0. The molecule has 4 aromatic heterocycles. The standard InChI is InChI=1S/C26H21N2O.C23H34NSi.Ir/c1-17(2)15-18-13-14-27-24(16-18)22-10-6-9-20-21-11-12-23(19-7-4-3-5-8-19)28-26(21)29-25(20)22;1-22(2,3)15-18-14-20(24-16-21(18)25(7,8)9)17-11-10-12-19(13-17)23(4,5)6;/h3-9,11-14,16-17H,15H2,1-2H3;10,12-14,16H,15H2,1-9H3;/q2*-1;. The maximum Gasteiger partial charge on any atom is 0.216 e. The first-order valence-electron chi connectivity index (χ1n) is 19.2. The van der Waals surface area contributed by atoms with Crippen LogP contribution >= 0.6 is 0 Å². The topological polar surface area (TPSA) is 51.8 Å². The number of fused-ring (bicyclic) bond motifs is 3. The van der Waals surface area contributed by atoms with Crippen LogP contribution in [0.3, 0.4) is 0 Å². The number of hydrogen-bond acceptors (Lipinski definition) is 4. The minimum Gasteiger partial charge on any atom is -0.486 e. The van der Waals surface area contributed by atoms with Crippen molar-refractivity contribution in [2.24, 2.45) is 11.3 Å². The molecule has 0 aliphatic heterocycles. The number of nitrogens with zero attached hydrogens (tertiary/aromatic N) is 3. The van der Waals surface area contributed by atoms with E-state index < -0.39 is 8.07 Å². The molecule has 0 bridgehead atoms. The van der Waals surface area contributed by atoms with Gasteiger partial charge in [-0.2, -0.15) is 0 Å². The maximum atomic E-state index is 6.24. The van der Waals surface area contributed by atoms with Gasteiger partial charge in [-0.1, -0.05) is 140 Å². The van der Waals surface area contributed by atoms with E-state index in [-0.39, 0.29) is 30.9 Å². The van der Waals surface area contributed by atoms with Crippen molar-refractivity contribution in [3.05, 3.63) is 132 Å². The molecule has 0 N–H and O–H groups in total. The Balaban J connectivity index is 0.000000210. The third-order valence-corrected chi connectivity index (χ3v) is 11.6. The molecule has 0 spiro atoms. The van der Waals surface area contributed by atoms with E-state index in [0.717, 1.165) is 63.0 Å². The molecule has 287 valence electrons. The van der Waals surface area contributed by atoms with Crippen LogP contribution in [-0.2, 0) is 38.4 Å². The summed E-state index contributed by atoms with van der Waals surface area (Å²) in [6.07, 6.45) is 6.11. The van der Waals surface area contributed by atoms with Gasteiger partial charge in [-0.05, 0) is 64.4 Å². The van der Waals surface area contributed by atoms with E-state index in [1.807, 2.05) is 48.7 Å². The van der Waals surface area contributed by atoms with Crippen molar-refractivity contribution in [2.75, 3.05) is 0 Å². The number of benzene rings is 3. The monoisotopic (exact) mass is 922 g/mol. The quantitative estimate of drug-likeness (QED) is 0.118. The summed E-state index contributed by atoms with van der Waals surface area (Å²) in [6, 6.07) is 38.0. The minimum atomic E-state index is -1.42. The summed E-state index contributed by atoms with van der Waals surface area (Å²) in [6.45, 7) is 25.3. The molecule has 0 fully saturated rings. The van der Waals surface area contributed by atoms with Gasteiger partial charge in [0.2, 0.25) is 5.71 Å². The van der Waals surface area contributed by atoms with E-state index >= 15 is 0 Å². The number of aromatic nitrogens is 3. The summed E-state index contributed by atoms with van der Waals surface area (Å²) in [4.78, 5) is 14.2. The van der Waals surface area contributed by atoms with Gasteiger partial charge < -0.3 is 14.4 Å². The van der Waals surface area contributed by atoms with Gasteiger partial charge in [0.15, 0.2) is 0 Å². The van der Waals surface area contributed by atoms with Crippen molar-refractivity contribution >= 4 is 35.3 Å². The molecule has 0 saturated carbocycles. The zero-order valence-corrected chi connectivity index (χ0v) is 37.8. The largest absolute Gasteiger partial charge is 0.486 e. The molecule has 0 unspecified atom stereocenters. The molecular formula is C49H55IrN3OSi-2. The van der Waals surface area contributed by atoms with Gasteiger partial charge in [0, 0.05) is 43.4 Å². The zero-order chi connectivity index (χ0) is 38.8. The van der Waals surface area contributed by atoms with Crippen LogP contribution in [0.2, 0.25) is 19.6 Å². The molecule has 0 amide bonds. The van der Waals surface area contributed by atoms with Crippen LogP contribution in [0.25, 0.3) is 55.8 Å². The van der Waals surface area contributed by atoms with Crippen molar-refractivity contribution in [3.8, 4) is 33.8 Å². The first kappa shape index (κ1) is 41.9. The van der Waals surface area contributed by atoms with E-state index in [9.17, 15) is 0 Å². The number of pyridine rings is 3. The second kappa shape index (κ2) is 16.9. The van der Waals surface area contributed by atoms with E-state index in [0.29, 0.717) is 11.6 Å². The molecule has 1 radical (unpaired) electrons. The van der Waals surface area contributed by atoms with Crippen LogP contribution in [0.1, 0.15) is 72.1 Å². The Kier molecular flexibility index (Phi) is 12.9. The van der Waals surface area contributed by atoms with Crippen molar-refractivity contribution < 1.29 is 24.5 Å². The first-order valence-corrected chi connectivity index (χ1v) is 22.7. The average molecular weight is 922 g/mol. The Morgan fingerprint density at radius 2 is 1.47 bits per heavy atom. The fraction of sp³-hybridized carbons (Fsp3) is 0.327. The molecule has 3 aromatic carbocycles. The van der Waals surface area contributed by atoms with E-state index in [1.165, 1.54) is 21.9 Å². The first-order chi connectivity index (χ1) is 25.5. The molecule has 7 rings (SSSR count). The second-order valence-electron chi connectivity index (χ2n) is 18.2. The van der Waals surface area contributed by atoms with Gasteiger partial charge in [0.05, 0.1) is 19.4 Å². The van der Waals surface area contributed by atoms with Crippen LogP contribution in [0.5, 0.6) is 0 Å². The van der Waals surface area contributed by atoms with Gasteiger partial charge in [-0.15, -0.1) is 53.6 Å². The molecule has 6 heteroatoms. The van der Waals surface area contributed by atoms with E-state index in [2.05, 4.69) is 147 Å². The van der Waals surface area contributed by atoms with Crippen molar-refractivity contribution in [3.63, 3.8) is 0 Å². The van der Waals surface area contributed by atoms with Crippen LogP contribution < -0.4 is 5.19 Å². The van der Waals surface area contributed by atoms with Crippen LogP contribution in [-0.4, -0.2) is 23.0 Å². The molecule has 55 heavy (non-hydrogen) atoms. The Morgan fingerprint density at radius 1 is 0.745 bits per heavy atom. The summed E-state index contributed by atoms with van der Waals surface area (Å²) < 4.78 is 6.24. The third-order valence-electron chi connectivity index (χ3n) is 9.55. The van der Waals surface area contributed by atoms with Crippen molar-refractivity contribution in [1.29, 1.82) is 0 Å². The molecular weight excluding hydrogens is 867 g/mol. The summed E-state index contributed by atoms with van der Waals surface area (Å²) in [7, 11) is -1.42. The predicted octanol–water partition coefficient (Wildman–Crippen LogP) is 12.7. The van der Waals surface area contributed by atoms with Crippen molar-refractivity contribution in [2.45, 2.75) is 93.3 Å². The molecule has 4 heterocycles. The number of furan rings is 1. The summed E-state index contributed by atoms with van der Waals surface area (Å²) >= 11 is 0.